The first-order chi connectivity index (χ1) is 6.25. The van der Waals surface area contributed by atoms with Crippen molar-refractivity contribution in [2.24, 2.45) is 0 Å². The molecule has 0 aliphatic carbocycles. The van der Waals surface area contributed by atoms with E-state index < -0.39 is 0 Å². The average Bonchev–Trinajstić information content (AvgIpc) is 2.53. The third-order valence-corrected chi connectivity index (χ3v) is 2.22. The molecule has 2 aromatic rings. The van der Waals surface area contributed by atoms with E-state index in [1.165, 1.54) is 12.1 Å². The van der Waals surface area contributed by atoms with Crippen molar-refractivity contribution in [1.29, 1.82) is 0 Å². The third-order valence-electron chi connectivity index (χ3n) is 1.65. The van der Waals surface area contributed by atoms with Crippen LogP contribution in [-0.2, 0) is 0 Å². The molecule has 1 aromatic carbocycles. The van der Waals surface area contributed by atoms with E-state index in [-0.39, 0.29) is 5.82 Å². The van der Waals surface area contributed by atoms with Gasteiger partial charge in [-0.3, -0.25) is 0 Å². The second-order valence-electron chi connectivity index (χ2n) is 2.56. The summed E-state index contributed by atoms with van der Waals surface area (Å²) in [6, 6.07) is 8.12. The highest BCUT2D eigenvalue weighted by Gasteiger charge is 1.97. The predicted molar refractivity (Wildman–Crippen MR) is 56.2 cm³/mol. The van der Waals surface area contributed by atoms with E-state index in [0.29, 0.717) is 0 Å². The van der Waals surface area contributed by atoms with Gasteiger partial charge in [0.05, 0.1) is 5.69 Å². The van der Waals surface area contributed by atoms with Crippen LogP contribution >= 0.6 is 22.6 Å². The second-order valence-corrected chi connectivity index (χ2v) is 3.66. The fourth-order valence-corrected chi connectivity index (χ4v) is 1.43. The van der Waals surface area contributed by atoms with E-state index in [0.717, 1.165) is 9.39 Å². The lowest BCUT2D eigenvalue weighted by Gasteiger charge is -1.99. The SMILES string of the molecule is Fc1ccc(-n2ccc(I)n2)cc1. The standard InChI is InChI=1S/C9H6FIN2/c10-7-1-3-8(4-2-7)13-6-5-9(11)12-13/h1-6H. The summed E-state index contributed by atoms with van der Waals surface area (Å²) in [5.41, 5.74) is 0.865. The molecule has 2 rings (SSSR count). The summed E-state index contributed by atoms with van der Waals surface area (Å²) < 4.78 is 15.2. The van der Waals surface area contributed by atoms with Gasteiger partial charge in [0.25, 0.3) is 0 Å². The fourth-order valence-electron chi connectivity index (χ4n) is 1.04. The first kappa shape index (κ1) is 8.68. The van der Waals surface area contributed by atoms with Crippen molar-refractivity contribution < 1.29 is 4.39 Å². The van der Waals surface area contributed by atoms with Crippen LogP contribution in [0.5, 0.6) is 0 Å². The van der Waals surface area contributed by atoms with Crippen molar-refractivity contribution in [2.75, 3.05) is 0 Å². The van der Waals surface area contributed by atoms with Gasteiger partial charge in [-0.15, -0.1) is 0 Å². The molecule has 2 nitrogen and oxygen atoms in total. The maximum atomic E-state index is 12.6. The van der Waals surface area contributed by atoms with Gasteiger partial charge in [-0.05, 0) is 52.9 Å². The Hall–Kier alpha value is -0.910. The lowest BCUT2D eigenvalue weighted by molar-refractivity contribution is 0.627. The number of aromatic nitrogens is 2. The summed E-state index contributed by atoms with van der Waals surface area (Å²) in [5.74, 6) is -0.231. The zero-order valence-corrected chi connectivity index (χ0v) is 8.77. The molecule has 0 bridgehead atoms. The van der Waals surface area contributed by atoms with Crippen LogP contribution in [0.15, 0.2) is 36.5 Å². The molecule has 0 N–H and O–H groups in total. The van der Waals surface area contributed by atoms with Crippen molar-refractivity contribution in [1.82, 2.24) is 9.78 Å². The summed E-state index contributed by atoms with van der Waals surface area (Å²) >= 11 is 2.13. The van der Waals surface area contributed by atoms with Gasteiger partial charge in [-0.2, -0.15) is 5.10 Å². The molecular weight excluding hydrogens is 282 g/mol. The van der Waals surface area contributed by atoms with E-state index in [2.05, 4.69) is 27.7 Å². The number of hydrogen-bond donors (Lipinski definition) is 0. The molecule has 0 fully saturated rings. The zero-order valence-electron chi connectivity index (χ0n) is 6.61. The van der Waals surface area contributed by atoms with E-state index >= 15 is 0 Å². The van der Waals surface area contributed by atoms with Crippen LogP contribution in [0.2, 0.25) is 0 Å². The summed E-state index contributed by atoms with van der Waals surface area (Å²) in [6.07, 6.45) is 1.84. The lowest BCUT2D eigenvalue weighted by Crippen LogP contribution is -1.94. The molecule has 0 atom stereocenters. The predicted octanol–water partition coefficient (Wildman–Crippen LogP) is 2.62. The number of nitrogens with zero attached hydrogens (tertiary/aromatic N) is 2. The highest BCUT2D eigenvalue weighted by atomic mass is 127. The number of halogens is 2. The maximum Gasteiger partial charge on any atom is 0.123 e. The van der Waals surface area contributed by atoms with Crippen molar-refractivity contribution >= 4 is 22.6 Å². The largest absolute Gasteiger partial charge is 0.240 e. The number of rotatable bonds is 1. The Labute approximate surface area is 88.5 Å². The molecule has 0 unspecified atom stereocenters. The Morgan fingerprint density at radius 1 is 1.15 bits per heavy atom. The minimum Gasteiger partial charge on any atom is -0.240 e. The highest BCUT2D eigenvalue weighted by Crippen LogP contribution is 2.09. The van der Waals surface area contributed by atoms with Gasteiger partial charge >= 0.3 is 0 Å². The molecule has 1 heterocycles. The number of hydrogen-bond acceptors (Lipinski definition) is 1. The lowest BCUT2D eigenvalue weighted by atomic mass is 10.3. The Morgan fingerprint density at radius 3 is 2.38 bits per heavy atom. The van der Waals surface area contributed by atoms with Crippen molar-refractivity contribution in [3.8, 4) is 5.69 Å². The Bertz CT molecular complexity index is 408. The molecule has 0 amide bonds. The second kappa shape index (κ2) is 3.45. The van der Waals surface area contributed by atoms with Crippen molar-refractivity contribution in [3.63, 3.8) is 0 Å². The molecule has 0 radical (unpaired) electrons. The van der Waals surface area contributed by atoms with E-state index in [9.17, 15) is 4.39 Å². The van der Waals surface area contributed by atoms with Crippen LogP contribution < -0.4 is 0 Å². The van der Waals surface area contributed by atoms with E-state index in [1.807, 2.05) is 12.3 Å². The maximum absolute atomic E-state index is 12.6. The van der Waals surface area contributed by atoms with Gasteiger partial charge in [0.15, 0.2) is 0 Å². The normalized spacial score (nSPS) is 10.3. The summed E-state index contributed by atoms with van der Waals surface area (Å²) in [5, 5.41) is 4.19. The van der Waals surface area contributed by atoms with Crippen molar-refractivity contribution in [3.05, 3.63) is 46.0 Å². The quantitative estimate of drug-likeness (QED) is 0.738. The fraction of sp³-hybridized carbons (Fsp3) is 0. The first-order valence-electron chi connectivity index (χ1n) is 3.73. The topological polar surface area (TPSA) is 17.8 Å². The van der Waals surface area contributed by atoms with Gasteiger partial charge in [0.1, 0.15) is 9.52 Å². The molecule has 13 heavy (non-hydrogen) atoms. The molecule has 0 saturated heterocycles. The van der Waals surface area contributed by atoms with Gasteiger partial charge in [-0.1, -0.05) is 0 Å². The minimum atomic E-state index is -0.231. The number of benzene rings is 1. The molecule has 0 aliphatic heterocycles. The van der Waals surface area contributed by atoms with Crippen LogP contribution in [-0.4, -0.2) is 9.78 Å². The summed E-state index contributed by atoms with van der Waals surface area (Å²) in [7, 11) is 0. The van der Waals surface area contributed by atoms with Crippen LogP contribution in [0.4, 0.5) is 4.39 Å². The molecule has 0 saturated carbocycles. The van der Waals surface area contributed by atoms with Gasteiger partial charge in [0.2, 0.25) is 0 Å². The average molecular weight is 288 g/mol. The summed E-state index contributed by atoms with van der Waals surface area (Å²) in [6.45, 7) is 0. The van der Waals surface area contributed by atoms with E-state index in [1.54, 1.807) is 16.8 Å². The monoisotopic (exact) mass is 288 g/mol. The Morgan fingerprint density at radius 2 is 1.85 bits per heavy atom. The molecule has 1 aromatic heterocycles. The Kier molecular flexibility index (Phi) is 2.30. The minimum absolute atomic E-state index is 0.231. The molecule has 66 valence electrons. The van der Waals surface area contributed by atoms with Crippen LogP contribution in [0.3, 0.4) is 0 Å². The molecular formula is C9H6FIN2. The van der Waals surface area contributed by atoms with Crippen LogP contribution in [0.25, 0.3) is 5.69 Å². The Balaban J connectivity index is 2.41. The van der Waals surface area contributed by atoms with E-state index in [4.69, 9.17) is 0 Å². The summed E-state index contributed by atoms with van der Waals surface area (Å²) in [4.78, 5) is 0. The third kappa shape index (κ3) is 1.88. The van der Waals surface area contributed by atoms with Gasteiger partial charge < -0.3 is 0 Å². The van der Waals surface area contributed by atoms with Crippen molar-refractivity contribution in [2.45, 2.75) is 0 Å². The van der Waals surface area contributed by atoms with Gasteiger partial charge in [-0.25, -0.2) is 9.07 Å². The molecule has 0 aliphatic rings. The van der Waals surface area contributed by atoms with Crippen LogP contribution in [0, 0.1) is 9.52 Å². The zero-order chi connectivity index (χ0) is 9.26. The molecule has 0 spiro atoms. The van der Waals surface area contributed by atoms with Gasteiger partial charge in [0, 0.05) is 6.20 Å². The smallest absolute Gasteiger partial charge is 0.123 e. The highest BCUT2D eigenvalue weighted by molar-refractivity contribution is 14.1. The molecule has 4 heteroatoms. The van der Waals surface area contributed by atoms with Crippen LogP contribution in [0.1, 0.15) is 0 Å². The first-order valence-corrected chi connectivity index (χ1v) is 4.81.